The van der Waals surface area contributed by atoms with Crippen LogP contribution in [0.25, 0.3) is 0 Å². The van der Waals surface area contributed by atoms with Crippen LogP contribution in [0.1, 0.15) is 126 Å². The summed E-state index contributed by atoms with van der Waals surface area (Å²) >= 11 is 0. The van der Waals surface area contributed by atoms with Crippen LogP contribution in [0.4, 0.5) is 0 Å². The zero-order valence-electron chi connectivity index (χ0n) is 32.3. The Balaban J connectivity index is 0.787. The number of fused-ring (bicyclic) bond motifs is 8. The highest BCUT2D eigenvalue weighted by Gasteiger charge is 2.45. The van der Waals surface area contributed by atoms with E-state index in [1.807, 2.05) is 12.1 Å². The van der Waals surface area contributed by atoms with E-state index >= 15 is 0 Å². The lowest BCUT2D eigenvalue weighted by atomic mass is 9.60. The molecule has 53 heavy (non-hydrogen) atoms. The minimum atomic E-state index is -0.248. The molecule has 0 spiro atoms. The number of benzene rings is 2. The fourth-order valence-corrected chi connectivity index (χ4v) is 9.74. The van der Waals surface area contributed by atoms with Gasteiger partial charge < -0.3 is 35.2 Å². The number of esters is 2. The first-order valence-electron chi connectivity index (χ1n) is 20.6. The number of carbonyl (C=O) groups is 2. The third-order valence-electron chi connectivity index (χ3n) is 12.9. The summed E-state index contributed by atoms with van der Waals surface area (Å²) in [6, 6.07) is 12.6. The van der Waals surface area contributed by atoms with Crippen LogP contribution in [-0.2, 0) is 47.5 Å². The average Bonchev–Trinajstić information content (AvgIpc) is 3.14. The normalized spacial score (nSPS) is 28.0. The third-order valence-corrected chi connectivity index (χ3v) is 12.9. The fraction of sp³-hybridized carbons (Fsp3) is 0.682. The monoisotopic (exact) mass is 732 g/mol. The highest BCUT2D eigenvalue weighted by molar-refractivity contribution is 5.73. The van der Waals surface area contributed by atoms with Crippen LogP contribution in [-0.4, -0.2) is 63.7 Å². The molecule has 9 nitrogen and oxygen atoms in total. The van der Waals surface area contributed by atoms with Crippen LogP contribution in [0.3, 0.4) is 0 Å². The highest BCUT2D eigenvalue weighted by Crippen LogP contribution is 2.48. The van der Waals surface area contributed by atoms with Gasteiger partial charge in [0, 0.05) is 49.0 Å². The Morgan fingerprint density at radius 2 is 1.02 bits per heavy atom. The van der Waals surface area contributed by atoms with E-state index in [0.29, 0.717) is 88.7 Å². The smallest absolute Gasteiger partial charge is 0.311 e. The maximum absolute atomic E-state index is 12.6. The van der Waals surface area contributed by atoms with Crippen molar-refractivity contribution in [3.8, 4) is 11.5 Å². The Bertz CT molecular complexity index is 1420. The number of hydrogen-bond donors (Lipinski definition) is 2. The van der Waals surface area contributed by atoms with Crippen molar-refractivity contribution < 1.29 is 33.3 Å². The van der Waals surface area contributed by atoms with E-state index < -0.39 is 0 Å². The predicted molar refractivity (Wildman–Crippen MR) is 206 cm³/mol. The molecule has 2 aromatic rings. The van der Waals surface area contributed by atoms with Crippen LogP contribution in [0.5, 0.6) is 11.5 Å². The average molecular weight is 733 g/mol. The Hall–Kier alpha value is -2.82. The number of hydrogen-bond acceptors (Lipinski definition) is 9. The Morgan fingerprint density at radius 1 is 0.604 bits per heavy atom. The minimum Gasteiger partial charge on any atom is -0.427 e. The molecule has 0 heterocycles. The quantitative estimate of drug-likeness (QED) is 0.104. The maximum Gasteiger partial charge on any atom is 0.311 e. The van der Waals surface area contributed by atoms with Crippen molar-refractivity contribution in [1.82, 2.24) is 0 Å². The lowest BCUT2D eigenvalue weighted by Crippen LogP contribution is -2.52. The van der Waals surface area contributed by atoms with Crippen molar-refractivity contribution in [3.63, 3.8) is 0 Å². The Labute approximate surface area is 317 Å². The van der Waals surface area contributed by atoms with Crippen molar-refractivity contribution >= 4 is 11.9 Å². The maximum atomic E-state index is 12.6. The van der Waals surface area contributed by atoms with Gasteiger partial charge in [-0.2, -0.15) is 0 Å². The summed E-state index contributed by atoms with van der Waals surface area (Å²) < 4.78 is 28.4. The molecule has 6 atom stereocenters. The molecule has 0 amide bonds. The molecule has 0 saturated heterocycles. The lowest BCUT2D eigenvalue weighted by molar-refractivity contribution is -0.135. The molecular weight excluding hydrogens is 668 g/mol. The number of ether oxygens (including phenoxy) is 5. The van der Waals surface area contributed by atoms with Crippen LogP contribution in [0.15, 0.2) is 36.4 Å². The molecule has 4 aliphatic carbocycles. The molecule has 6 rings (SSSR count). The number of carbonyl (C=O) groups excluding carboxylic acids is 2. The molecule has 4 bridgehead atoms. The Kier molecular flexibility index (Phi) is 14.0. The molecule has 9 heteroatoms. The van der Waals surface area contributed by atoms with Crippen LogP contribution >= 0.6 is 0 Å². The van der Waals surface area contributed by atoms with Crippen LogP contribution in [0, 0.1) is 11.8 Å². The first kappa shape index (κ1) is 39.9. The van der Waals surface area contributed by atoms with Gasteiger partial charge in [-0.05, 0) is 110 Å². The van der Waals surface area contributed by atoms with Gasteiger partial charge in [0.2, 0.25) is 0 Å². The SMILES string of the molecule is C[C@@]12CCCCC[C@@H](Cc3ccc(OC(=O)CCCOCCOCCOCCCC(=O)Oc4ccc5c(c4)[C@@]4(C)CCCCC[C@@H](C5)[C@@H]4N)cc31)[C@@H]2N. The van der Waals surface area contributed by atoms with E-state index in [-0.39, 0.29) is 34.9 Å². The molecular formula is C44H64N2O7. The standard InChI is InChI=1S/C44H64N2O7/c1-43-19-7-3-5-11-33(41(43)45)27-31-15-17-35(29-37(31)43)52-39(47)13-9-21-49-23-25-51-26-24-50-22-10-14-40(48)53-36-18-16-32-28-34-12-6-4-8-20-44(2,42(34)46)38(32)30-36/h15-18,29-30,33-34,41-42H,3-14,19-28,45-46H2,1-2H3/t33-,34-,41-,42-,43+,44+/m0/s1. The Morgan fingerprint density at radius 3 is 1.45 bits per heavy atom. The second kappa shape index (κ2) is 18.7. The zero-order valence-corrected chi connectivity index (χ0v) is 32.3. The van der Waals surface area contributed by atoms with Crippen molar-refractivity contribution in [2.24, 2.45) is 23.3 Å². The van der Waals surface area contributed by atoms with Crippen LogP contribution in [0.2, 0.25) is 0 Å². The van der Waals surface area contributed by atoms with Crippen molar-refractivity contribution in [1.29, 1.82) is 0 Å². The van der Waals surface area contributed by atoms with Crippen molar-refractivity contribution in [2.75, 3.05) is 39.6 Å². The fourth-order valence-electron chi connectivity index (χ4n) is 9.74. The van der Waals surface area contributed by atoms with Gasteiger partial charge in [-0.25, -0.2) is 0 Å². The van der Waals surface area contributed by atoms with E-state index in [1.54, 1.807) is 0 Å². The summed E-state index contributed by atoms with van der Waals surface area (Å²) in [6.07, 6.45) is 15.8. The molecule has 0 unspecified atom stereocenters. The van der Waals surface area contributed by atoms with Gasteiger partial charge in [-0.15, -0.1) is 0 Å². The lowest BCUT2D eigenvalue weighted by Gasteiger charge is -2.47. The number of rotatable bonds is 16. The summed E-state index contributed by atoms with van der Waals surface area (Å²) in [5, 5.41) is 0. The first-order valence-corrected chi connectivity index (χ1v) is 20.6. The molecule has 2 saturated carbocycles. The van der Waals surface area contributed by atoms with Crippen LogP contribution < -0.4 is 20.9 Å². The topological polar surface area (TPSA) is 132 Å². The summed E-state index contributed by atoms with van der Waals surface area (Å²) in [4.78, 5) is 25.2. The summed E-state index contributed by atoms with van der Waals surface area (Å²) in [5.41, 5.74) is 18.7. The van der Waals surface area contributed by atoms with Gasteiger partial charge in [-0.1, -0.05) is 64.5 Å². The molecule has 292 valence electrons. The summed E-state index contributed by atoms with van der Waals surface area (Å²) in [5.74, 6) is 1.78. The molecule has 2 fully saturated rings. The van der Waals surface area contributed by atoms with E-state index in [1.165, 1.54) is 73.6 Å². The zero-order chi connectivity index (χ0) is 37.3. The molecule has 4 N–H and O–H groups in total. The van der Waals surface area contributed by atoms with Gasteiger partial charge in [0.15, 0.2) is 0 Å². The number of nitrogens with two attached hydrogens (primary N) is 2. The van der Waals surface area contributed by atoms with E-state index in [2.05, 4.69) is 38.1 Å². The largest absolute Gasteiger partial charge is 0.427 e. The first-order chi connectivity index (χ1) is 25.7. The van der Waals surface area contributed by atoms with Gasteiger partial charge >= 0.3 is 11.9 Å². The van der Waals surface area contributed by atoms with Gasteiger partial charge in [-0.3, -0.25) is 9.59 Å². The predicted octanol–water partition coefficient (Wildman–Crippen LogP) is 7.25. The molecule has 0 radical (unpaired) electrons. The molecule has 2 aromatic carbocycles. The highest BCUT2D eigenvalue weighted by atomic mass is 16.5. The summed E-state index contributed by atoms with van der Waals surface area (Å²) in [7, 11) is 0. The summed E-state index contributed by atoms with van der Waals surface area (Å²) in [6.45, 7) is 7.30. The molecule has 0 aliphatic heterocycles. The minimum absolute atomic E-state index is 0.0739. The van der Waals surface area contributed by atoms with Gasteiger partial charge in [0.25, 0.3) is 0 Å². The van der Waals surface area contributed by atoms with Gasteiger partial charge in [0.05, 0.1) is 26.4 Å². The van der Waals surface area contributed by atoms with Crippen molar-refractivity contribution in [3.05, 3.63) is 58.7 Å². The van der Waals surface area contributed by atoms with E-state index in [9.17, 15) is 9.59 Å². The second-order valence-corrected chi connectivity index (χ2v) is 16.6. The van der Waals surface area contributed by atoms with E-state index in [4.69, 9.17) is 35.2 Å². The van der Waals surface area contributed by atoms with Crippen molar-refractivity contribution in [2.45, 2.75) is 139 Å². The van der Waals surface area contributed by atoms with E-state index in [0.717, 1.165) is 25.7 Å². The molecule has 0 aromatic heterocycles. The third kappa shape index (κ3) is 9.90. The molecule has 4 aliphatic rings. The second-order valence-electron chi connectivity index (χ2n) is 16.6. The van der Waals surface area contributed by atoms with Gasteiger partial charge in [0.1, 0.15) is 11.5 Å².